The number of thioether (sulfide) groups is 1. The molecular formula is C16H22O3S. The number of carbonyl (C=O) groups is 1. The van der Waals surface area contributed by atoms with Gasteiger partial charge in [-0.25, -0.2) is 4.79 Å². The van der Waals surface area contributed by atoms with Crippen LogP contribution in [0.25, 0.3) is 6.08 Å². The fraction of sp³-hybridized carbons (Fsp3) is 0.438. The van der Waals surface area contributed by atoms with Crippen LogP contribution in [0.1, 0.15) is 31.4 Å². The average Bonchev–Trinajstić information content (AvgIpc) is 2.45. The van der Waals surface area contributed by atoms with Gasteiger partial charge in [-0.2, -0.15) is 11.8 Å². The Morgan fingerprint density at radius 3 is 2.85 bits per heavy atom. The first-order valence-electron chi connectivity index (χ1n) is 6.72. The van der Waals surface area contributed by atoms with Crippen molar-refractivity contribution in [3.05, 3.63) is 35.4 Å². The molecule has 0 radical (unpaired) electrons. The fourth-order valence-corrected chi connectivity index (χ4v) is 2.87. The summed E-state index contributed by atoms with van der Waals surface area (Å²) in [7, 11) is 1.66. The third-order valence-electron chi connectivity index (χ3n) is 3.08. The van der Waals surface area contributed by atoms with Crippen LogP contribution in [-0.2, 0) is 10.5 Å². The molecule has 0 heterocycles. The summed E-state index contributed by atoms with van der Waals surface area (Å²) in [5.74, 6) is 2.63. The molecule has 0 fully saturated rings. The van der Waals surface area contributed by atoms with Gasteiger partial charge < -0.3 is 9.84 Å². The molecule has 0 aliphatic heterocycles. The number of hydrogen-bond acceptors (Lipinski definition) is 3. The van der Waals surface area contributed by atoms with Crippen LogP contribution in [0.5, 0.6) is 5.75 Å². The van der Waals surface area contributed by atoms with Crippen LogP contribution in [-0.4, -0.2) is 23.9 Å². The van der Waals surface area contributed by atoms with Crippen molar-refractivity contribution in [2.24, 2.45) is 5.92 Å². The molecule has 1 N–H and O–H groups in total. The minimum Gasteiger partial charge on any atom is -0.496 e. The average molecular weight is 294 g/mol. The molecule has 0 saturated carbocycles. The van der Waals surface area contributed by atoms with Crippen molar-refractivity contribution >= 4 is 23.8 Å². The lowest BCUT2D eigenvalue weighted by molar-refractivity contribution is -0.131. The Balaban J connectivity index is 2.75. The minimum absolute atomic E-state index is 0.709. The van der Waals surface area contributed by atoms with Crippen molar-refractivity contribution in [2.45, 2.75) is 26.0 Å². The van der Waals surface area contributed by atoms with Gasteiger partial charge in [0.2, 0.25) is 0 Å². The van der Waals surface area contributed by atoms with Crippen molar-refractivity contribution in [3.8, 4) is 5.75 Å². The van der Waals surface area contributed by atoms with E-state index < -0.39 is 5.97 Å². The van der Waals surface area contributed by atoms with E-state index in [0.717, 1.165) is 34.5 Å². The first-order valence-corrected chi connectivity index (χ1v) is 7.88. The molecule has 4 heteroatoms. The van der Waals surface area contributed by atoms with E-state index in [1.807, 2.05) is 30.0 Å². The molecular weight excluding hydrogens is 272 g/mol. The largest absolute Gasteiger partial charge is 0.496 e. The van der Waals surface area contributed by atoms with Gasteiger partial charge in [0.15, 0.2) is 0 Å². The zero-order chi connectivity index (χ0) is 15.0. The number of carboxylic acids is 1. The fourth-order valence-electron chi connectivity index (χ4n) is 1.67. The number of rotatable bonds is 8. The molecule has 0 saturated heterocycles. The van der Waals surface area contributed by atoms with Crippen LogP contribution in [0.2, 0.25) is 0 Å². The van der Waals surface area contributed by atoms with Crippen LogP contribution in [0, 0.1) is 5.92 Å². The highest BCUT2D eigenvalue weighted by molar-refractivity contribution is 7.98. The van der Waals surface area contributed by atoms with Crippen LogP contribution >= 0.6 is 11.8 Å². The van der Waals surface area contributed by atoms with Gasteiger partial charge in [-0.1, -0.05) is 26.3 Å². The number of carboxylic acid groups (broad SMARTS) is 1. The Morgan fingerprint density at radius 1 is 1.50 bits per heavy atom. The summed E-state index contributed by atoms with van der Waals surface area (Å²) in [6.07, 6.45) is 3.94. The zero-order valence-corrected chi connectivity index (χ0v) is 13.1. The molecule has 1 atom stereocenters. The summed E-state index contributed by atoms with van der Waals surface area (Å²) in [6, 6.07) is 5.74. The highest BCUT2D eigenvalue weighted by Gasteiger charge is 2.06. The van der Waals surface area contributed by atoms with E-state index >= 15 is 0 Å². The summed E-state index contributed by atoms with van der Waals surface area (Å²) >= 11 is 1.88. The van der Waals surface area contributed by atoms with Gasteiger partial charge >= 0.3 is 5.97 Å². The molecule has 0 aliphatic rings. The zero-order valence-electron chi connectivity index (χ0n) is 12.3. The molecule has 1 aromatic carbocycles. The Hall–Kier alpha value is -1.42. The highest BCUT2D eigenvalue weighted by atomic mass is 32.2. The van der Waals surface area contributed by atoms with Crippen LogP contribution in [0.4, 0.5) is 0 Å². The van der Waals surface area contributed by atoms with E-state index in [4.69, 9.17) is 9.84 Å². The number of aliphatic carboxylic acids is 1. The quantitative estimate of drug-likeness (QED) is 0.734. The van der Waals surface area contributed by atoms with Crippen LogP contribution < -0.4 is 4.74 Å². The van der Waals surface area contributed by atoms with Crippen molar-refractivity contribution in [3.63, 3.8) is 0 Å². The van der Waals surface area contributed by atoms with Crippen molar-refractivity contribution in [2.75, 3.05) is 12.9 Å². The van der Waals surface area contributed by atoms with E-state index in [2.05, 4.69) is 13.8 Å². The molecule has 0 aromatic heterocycles. The lowest BCUT2D eigenvalue weighted by atomic mass is 10.1. The highest BCUT2D eigenvalue weighted by Crippen LogP contribution is 2.26. The van der Waals surface area contributed by atoms with E-state index in [9.17, 15) is 4.79 Å². The predicted molar refractivity (Wildman–Crippen MR) is 85.3 cm³/mol. The number of hydrogen-bond donors (Lipinski definition) is 1. The van der Waals surface area contributed by atoms with E-state index in [1.165, 1.54) is 6.42 Å². The van der Waals surface area contributed by atoms with Gasteiger partial charge in [-0.3, -0.25) is 0 Å². The summed E-state index contributed by atoms with van der Waals surface area (Å²) in [4.78, 5) is 10.5. The Bertz CT molecular complexity index is 469. The van der Waals surface area contributed by atoms with Crippen LogP contribution in [0.15, 0.2) is 24.3 Å². The van der Waals surface area contributed by atoms with Gasteiger partial charge in [0.25, 0.3) is 0 Å². The number of methoxy groups -OCH3 is 1. The Kier molecular flexibility index (Phi) is 7.23. The molecule has 3 nitrogen and oxygen atoms in total. The number of benzene rings is 1. The summed E-state index contributed by atoms with van der Waals surface area (Å²) < 4.78 is 5.36. The molecule has 0 aliphatic carbocycles. The third kappa shape index (κ3) is 5.70. The second-order valence-corrected chi connectivity index (χ2v) is 5.80. The second kappa shape index (κ2) is 8.69. The maximum atomic E-state index is 10.5. The predicted octanol–water partition coefficient (Wildman–Crippen LogP) is 4.07. The summed E-state index contributed by atoms with van der Waals surface area (Å²) in [6.45, 7) is 4.44. The van der Waals surface area contributed by atoms with E-state index in [1.54, 1.807) is 13.2 Å². The minimum atomic E-state index is -0.937. The molecule has 20 heavy (non-hydrogen) atoms. The van der Waals surface area contributed by atoms with E-state index in [0.29, 0.717) is 5.92 Å². The molecule has 0 bridgehead atoms. The smallest absolute Gasteiger partial charge is 0.328 e. The molecule has 1 rings (SSSR count). The van der Waals surface area contributed by atoms with Crippen molar-refractivity contribution < 1.29 is 14.6 Å². The molecule has 0 spiro atoms. The van der Waals surface area contributed by atoms with Gasteiger partial charge in [-0.15, -0.1) is 0 Å². The van der Waals surface area contributed by atoms with Gasteiger partial charge in [0.1, 0.15) is 5.75 Å². The summed E-state index contributed by atoms with van der Waals surface area (Å²) in [5, 5.41) is 8.66. The monoisotopic (exact) mass is 294 g/mol. The normalized spacial score (nSPS) is 12.6. The van der Waals surface area contributed by atoms with Gasteiger partial charge in [0.05, 0.1) is 7.11 Å². The van der Waals surface area contributed by atoms with Gasteiger partial charge in [-0.05, 0) is 35.4 Å². The standard InChI is InChI=1S/C16H22O3S/c1-4-12(2)10-20-11-14-9-13(6-8-16(17)18)5-7-15(14)19-3/h5-9,12H,4,10-11H2,1-3H3,(H,17,18)/b8-6+. The lowest BCUT2D eigenvalue weighted by Gasteiger charge is -2.11. The lowest BCUT2D eigenvalue weighted by Crippen LogP contribution is -1.97. The third-order valence-corrected chi connectivity index (χ3v) is 4.40. The number of ether oxygens (including phenoxy) is 1. The molecule has 1 unspecified atom stereocenters. The first-order chi connectivity index (χ1) is 9.56. The maximum absolute atomic E-state index is 10.5. The molecule has 110 valence electrons. The SMILES string of the molecule is CCC(C)CSCc1cc(/C=C/C(=O)O)ccc1OC. The molecule has 1 aromatic rings. The maximum Gasteiger partial charge on any atom is 0.328 e. The topological polar surface area (TPSA) is 46.5 Å². The Labute approximate surface area is 125 Å². The second-order valence-electron chi connectivity index (χ2n) is 4.77. The first kappa shape index (κ1) is 16.6. The van der Waals surface area contributed by atoms with Crippen molar-refractivity contribution in [1.82, 2.24) is 0 Å². The van der Waals surface area contributed by atoms with Crippen LogP contribution in [0.3, 0.4) is 0 Å². The van der Waals surface area contributed by atoms with Crippen molar-refractivity contribution in [1.29, 1.82) is 0 Å². The Morgan fingerprint density at radius 2 is 2.25 bits per heavy atom. The summed E-state index contributed by atoms with van der Waals surface area (Å²) in [5.41, 5.74) is 1.99. The van der Waals surface area contributed by atoms with Gasteiger partial charge in [0, 0.05) is 17.4 Å². The molecule has 0 amide bonds. The van der Waals surface area contributed by atoms with E-state index in [-0.39, 0.29) is 0 Å².